The fourth-order valence-corrected chi connectivity index (χ4v) is 3.33. The molecule has 0 radical (unpaired) electrons. The Balaban J connectivity index is 2.03. The topological polar surface area (TPSA) is 35.2 Å². The molecule has 0 amide bonds. The Kier molecular flexibility index (Phi) is 3.58. The van der Waals surface area contributed by atoms with Gasteiger partial charge in [-0.1, -0.05) is 54.0 Å². The fraction of sp³-hybridized carbons (Fsp3) is 0.333. The largest absolute Gasteiger partial charge is 0.492 e. The molecule has 2 nitrogen and oxygen atoms in total. The number of ether oxygens (including phenoxy) is 1. The van der Waals surface area contributed by atoms with Gasteiger partial charge in [0.25, 0.3) is 0 Å². The van der Waals surface area contributed by atoms with Crippen molar-refractivity contribution in [2.45, 2.75) is 32.2 Å². The maximum atomic E-state index is 6.50. The molecule has 1 atom stereocenters. The summed E-state index contributed by atoms with van der Waals surface area (Å²) in [6.45, 7) is 7.22. The third kappa shape index (κ3) is 2.49. The van der Waals surface area contributed by atoms with Crippen LogP contribution < -0.4 is 10.5 Å². The highest BCUT2D eigenvalue weighted by molar-refractivity contribution is 9.10. The van der Waals surface area contributed by atoms with Gasteiger partial charge in [0.2, 0.25) is 0 Å². The third-order valence-corrected chi connectivity index (χ3v) is 5.32. The smallest absolute Gasteiger partial charge is 0.123 e. The summed E-state index contributed by atoms with van der Waals surface area (Å²) in [7, 11) is 0. The lowest BCUT2D eigenvalue weighted by molar-refractivity contribution is 0.291. The molecule has 3 rings (SSSR count). The van der Waals surface area contributed by atoms with Gasteiger partial charge in [-0.25, -0.2) is 0 Å². The lowest BCUT2D eigenvalue weighted by Gasteiger charge is -2.19. The van der Waals surface area contributed by atoms with Crippen LogP contribution in [-0.2, 0) is 5.41 Å². The van der Waals surface area contributed by atoms with E-state index in [1.807, 2.05) is 6.07 Å². The summed E-state index contributed by atoms with van der Waals surface area (Å²) in [6.07, 6.45) is 0. The summed E-state index contributed by atoms with van der Waals surface area (Å²) in [5, 5.41) is 0. The van der Waals surface area contributed by atoms with Gasteiger partial charge in [0.05, 0.1) is 12.6 Å². The minimum absolute atomic E-state index is 0.0505. The van der Waals surface area contributed by atoms with E-state index in [0.29, 0.717) is 0 Å². The molecule has 2 aromatic carbocycles. The maximum absolute atomic E-state index is 6.50. The van der Waals surface area contributed by atoms with Crippen LogP contribution in [0.2, 0.25) is 0 Å². The molecule has 110 valence electrons. The van der Waals surface area contributed by atoms with E-state index in [2.05, 4.69) is 67.0 Å². The highest BCUT2D eigenvalue weighted by Gasteiger charge is 2.32. The molecular weight excluding hydrogens is 326 g/mol. The summed E-state index contributed by atoms with van der Waals surface area (Å²) in [6, 6.07) is 12.4. The first-order valence-corrected chi connectivity index (χ1v) is 7.97. The number of halogens is 1. The monoisotopic (exact) mass is 345 g/mol. The highest BCUT2D eigenvalue weighted by atomic mass is 79.9. The Labute approximate surface area is 134 Å². The number of benzene rings is 2. The van der Waals surface area contributed by atoms with Crippen LogP contribution in [0.25, 0.3) is 0 Å². The molecule has 1 unspecified atom stereocenters. The van der Waals surface area contributed by atoms with E-state index in [9.17, 15) is 0 Å². The van der Waals surface area contributed by atoms with Crippen molar-refractivity contribution in [3.8, 4) is 5.75 Å². The molecule has 0 spiro atoms. The summed E-state index contributed by atoms with van der Waals surface area (Å²) >= 11 is 3.66. The molecule has 21 heavy (non-hydrogen) atoms. The van der Waals surface area contributed by atoms with Gasteiger partial charge in [-0.2, -0.15) is 0 Å². The van der Waals surface area contributed by atoms with Crippen LogP contribution >= 0.6 is 15.9 Å². The maximum Gasteiger partial charge on any atom is 0.123 e. The fourth-order valence-electron chi connectivity index (χ4n) is 2.82. The molecule has 0 fully saturated rings. The van der Waals surface area contributed by atoms with Crippen LogP contribution in [0.15, 0.2) is 40.9 Å². The van der Waals surface area contributed by atoms with Crippen molar-refractivity contribution >= 4 is 15.9 Å². The molecule has 3 heteroatoms. The first-order chi connectivity index (χ1) is 9.90. The van der Waals surface area contributed by atoms with E-state index in [0.717, 1.165) is 28.0 Å². The van der Waals surface area contributed by atoms with Gasteiger partial charge in [0.1, 0.15) is 5.75 Å². The van der Waals surface area contributed by atoms with Crippen molar-refractivity contribution in [3.63, 3.8) is 0 Å². The van der Waals surface area contributed by atoms with Crippen molar-refractivity contribution in [2.75, 3.05) is 6.61 Å². The zero-order valence-corrected chi connectivity index (χ0v) is 14.2. The van der Waals surface area contributed by atoms with Crippen molar-refractivity contribution in [2.24, 2.45) is 5.73 Å². The predicted molar refractivity (Wildman–Crippen MR) is 89.9 cm³/mol. The minimum atomic E-state index is -0.138. The normalized spacial score (nSPS) is 17.2. The second kappa shape index (κ2) is 5.15. The standard InChI is InChI=1S/C18H20BrNO/c1-11-5-4-6-13(16(11)19)17(20)12-7-8-15-14(9-12)18(2,3)10-21-15/h4-9,17H,10,20H2,1-3H3. The lowest BCUT2D eigenvalue weighted by Crippen LogP contribution is -2.19. The van der Waals surface area contributed by atoms with E-state index in [1.165, 1.54) is 11.1 Å². The van der Waals surface area contributed by atoms with E-state index in [4.69, 9.17) is 10.5 Å². The quantitative estimate of drug-likeness (QED) is 0.870. The lowest BCUT2D eigenvalue weighted by atomic mass is 9.85. The van der Waals surface area contributed by atoms with Crippen molar-refractivity contribution in [1.29, 1.82) is 0 Å². The average molecular weight is 346 g/mol. The third-order valence-electron chi connectivity index (χ3n) is 4.24. The number of rotatable bonds is 2. The van der Waals surface area contributed by atoms with E-state index in [1.54, 1.807) is 0 Å². The van der Waals surface area contributed by atoms with Crippen molar-refractivity contribution < 1.29 is 4.74 Å². The minimum Gasteiger partial charge on any atom is -0.492 e. The Bertz CT molecular complexity index is 694. The molecule has 1 heterocycles. The van der Waals surface area contributed by atoms with Gasteiger partial charge in [-0.15, -0.1) is 0 Å². The molecule has 1 aliphatic rings. The number of nitrogens with two attached hydrogens (primary N) is 1. The highest BCUT2D eigenvalue weighted by Crippen LogP contribution is 2.40. The second-order valence-electron chi connectivity index (χ2n) is 6.38. The Morgan fingerprint density at radius 2 is 2.00 bits per heavy atom. The molecular formula is C18H20BrNO. The molecule has 0 saturated carbocycles. The van der Waals surface area contributed by atoms with Gasteiger partial charge in [-0.3, -0.25) is 0 Å². The van der Waals surface area contributed by atoms with Gasteiger partial charge >= 0.3 is 0 Å². The number of hydrogen-bond acceptors (Lipinski definition) is 2. The molecule has 0 saturated heterocycles. The first-order valence-electron chi connectivity index (χ1n) is 7.18. The summed E-state index contributed by atoms with van der Waals surface area (Å²) < 4.78 is 6.84. The van der Waals surface area contributed by atoms with E-state index < -0.39 is 0 Å². The molecule has 1 aliphatic heterocycles. The first kappa shape index (κ1) is 14.6. The van der Waals surface area contributed by atoms with Crippen molar-refractivity contribution in [3.05, 3.63) is 63.1 Å². The van der Waals surface area contributed by atoms with Crippen LogP contribution in [0.4, 0.5) is 0 Å². The van der Waals surface area contributed by atoms with Crippen LogP contribution in [0.1, 0.15) is 42.1 Å². The van der Waals surface area contributed by atoms with Gasteiger partial charge in [0.15, 0.2) is 0 Å². The van der Waals surface area contributed by atoms with E-state index >= 15 is 0 Å². The van der Waals surface area contributed by atoms with Gasteiger partial charge < -0.3 is 10.5 Å². The Hall–Kier alpha value is -1.32. The van der Waals surface area contributed by atoms with E-state index in [-0.39, 0.29) is 11.5 Å². The summed E-state index contributed by atoms with van der Waals surface area (Å²) in [4.78, 5) is 0. The summed E-state index contributed by atoms with van der Waals surface area (Å²) in [5.74, 6) is 0.985. The number of hydrogen-bond donors (Lipinski definition) is 1. The van der Waals surface area contributed by atoms with Crippen LogP contribution in [-0.4, -0.2) is 6.61 Å². The van der Waals surface area contributed by atoms with Gasteiger partial charge in [0, 0.05) is 15.5 Å². The Morgan fingerprint density at radius 3 is 2.76 bits per heavy atom. The SMILES string of the molecule is Cc1cccc(C(N)c2ccc3c(c2)C(C)(C)CO3)c1Br. The van der Waals surface area contributed by atoms with Crippen LogP contribution in [0.5, 0.6) is 5.75 Å². The Morgan fingerprint density at radius 1 is 1.24 bits per heavy atom. The zero-order valence-electron chi connectivity index (χ0n) is 12.6. The number of aryl methyl sites for hydroxylation is 1. The van der Waals surface area contributed by atoms with Crippen LogP contribution in [0.3, 0.4) is 0 Å². The van der Waals surface area contributed by atoms with Gasteiger partial charge in [-0.05, 0) is 35.7 Å². The molecule has 2 N–H and O–H groups in total. The summed E-state index contributed by atoms with van der Waals surface area (Å²) in [5.41, 5.74) is 11.2. The molecule has 0 aromatic heterocycles. The molecule has 0 aliphatic carbocycles. The van der Waals surface area contributed by atoms with Crippen molar-refractivity contribution in [1.82, 2.24) is 0 Å². The van der Waals surface area contributed by atoms with Crippen LogP contribution in [0, 0.1) is 6.92 Å². The number of fused-ring (bicyclic) bond motifs is 1. The molecule has 2 aromatic rings. The molecule has 0 bridgehead atoms. The average Bonchev–Trinajstić information content (AvgIpc) is 2.76. The zero-order chi connectivity index (χ0) is 15.2. The predicted octanol–water partition coefficient (Wildman–Crippen LogP) is 4.48. The second-order valence-corrected chi connectivity index (χ2v) is 7.18.